The molecule has 1 amide bonds. The molecule has 6 heteroatoms. The second kappa shape index (κ2) is 6.55. The summed E-state index contributed by atoms with van der Waals surface area (Å²) >= 11 is 0. The lowest BCUT2D eigenvalue weighted by atomic mass is 10.1. The normalized spacial score (nSPS) is 11.2. The summed E-state index contributed by atoms with van der Waals surface area (Å²) < 4.78 is 12.8. The van der Waals surface area contributed by atoms with E-state index < -0.39 is 0 Å². The number of amides is 1. The predicted octanol–water partition coefficient (Wildman–Crippen LogP) is 4.39. The molecule has 0 aliphatic heterocycles. The number of benzene rings is 1. The van der Waals surface area contributed by atoms with Crippen molar-refractivity contribution in [3.63, 3.8) is 0 Å². The van der Waals surface area contributed by atoms with Gasteiger partial charge < -0.3 is 14.2 Å². The van der Waals surface area contributed by atoms with E-state index in [4.69, 9.17) is 8.83 Å². The molecule has 3 heterocycles. The van der Waals surface area contributed by atoms with Crippen LogP contribution in [0.25, 0.3) is 11.0 Å². The number of nitrogens with zero attached hydrogens (tertiary/aromatic N) is 2. The minimum atomic E-state index is -0.294. The maximum atomic E-state index is 12.7. The third-order valence-electron chi connectivity index (χ3n) is 4.46. The van der Waals surface area contributed by atoms with E-state index in [2.05, 4.69) is 23.4 Å². The molecular formula is C20H19N3O3. The summed E-state index contributed by atoms with van der Waals surface area (Å²) in [6.07, 6.45) is 4.19. The third-order valence-corrected chi connectivity index (χ3v) is 4.46. The molecule has 0 spiro atoms. The van der Waals surface area contributed by atoms with Gasteiger partial charge in [-0.1, -0.05) is 13.0 Å². The minimum absolute atomic E-state index is 0.294. The van der Waals surface area contributed by atoms with E-state index in [-0.39, 0.29) is 5.91 Å². The van der Waals surface area contributed by atoms with Crippen LogP contribution in [-0.4, -0.2) is 15.7 Å². The molecule has 132 valence electrons. The van der Waals surface area contributed by atoms with Crippen LogP contribution in [0.5, 0.6) is 0 Å². The van der Waals surface area contributed by atoms with Crippen molar-refractivity contribution in [2.45, 2.75) is 26.8 Å². The van der Waals surface area contributed by atoms with Gasteiger partial charge in [0, 0.05) is 17.0 Å². The summed E-state index contributed by atoms with van der Waals surface area (Å²) in [6, 6.07) is 11.4. The highest BCUT2D eigenvalue weighted by molar-refractivity contribution is 6.06. The van der Waals surface area contributed by atoms with Crippen molar-refractivity contribution >= 4 is 22.7 Å². The first-order valence-electron chi connectivity index (χ1n) is 8.53. The smallest absolute Gasteiger partial charge is 0.292 e. The number of aromatic nitrogens is 2. The number of nitrogens with one attached hydrogen (secondary N) is 1. The highest BCUT2D eigenvalue weighted by Crippen LogP contribution is 2.27. The standard InChI is InChI=1S/C20H19N3O3/c1-3-14-6-7-17-16(11-14)13(2)19(26-17)20(24)22-18-8-9-21-23(18)12-15-5-4-10-25-15/h4-11H,3,12H2,1-2H3,(H,22,24). The van der Waals surface area contributed by atoms with Crippen molar-refractivity contribution in [3.05, 3.63) is 71.5 Å². The Bertz CT molecular complexity index is 1060. The maximum absolute atomic E-state index is 12.7. The van der Waals surface area contributed by atoms with E-state index in [0.29, 0.717) is 23.7 Å². The van der Waals surface area contributed by atoms with Crippen molar-refractivity contribution in [3.8, 4) is 0 Å². The Morgan fingerprint density at radius 1 is 1.27 bits per heavy atom. The van der Waals surface area contributed by atoms with Crippen molar-refractivity contribution in [1.29, 1.82) is 0 Å². The summed E-state index contributed by atoms with van der Waals surface area (Å²) in [5.41, 5.74) is 2.77. The first-order chi connectivity index (χ1) is 12.7. The van der Waals surface area contributed by atoms with Crippen LogP contribution in [0.4, 0.5) is 5.82 Å². The molecule has 0 aliphatic carbocycles. The SMILES string of the molecule is CCc1ccc2oc(C(=O)Nc3ccnn3Cc3ccco3)c(C)c2c1. The van der Waals surface area contributed by atoms with E-state index in [9.17, 15) is 4.79 Å². The molecule has 3 aromatic heterocycles. The molecule has 0 bridgehead atoms. The quantitative estimate of drug-likeness (QED) is 0.580. The monoisotopic (exact) mass is 349 g/mol. The second-order valence-electron chi connectivity index (χ2n) is 6.15. The molecule has 26 heavy (non-hydrogen) atoms. The highest BCUT2D eigenvalue weighted by atomic mass is 16.3. The lowest BCUT2D eigenvalue weighted by Gasteiger charge is -2.07. The number of fused-ring (bicyclic) bond motifs is 1. The van der Waals surface area contributed by atoms with Crippen LogP contribution in [0.2, 0.25) is 0 Å². The van der Waals surface area contributed by atoms with Crippen LogP contribution in [0.3, 0.4) is 0 Å². The molecule has 4 aromatic rings. The van der Waals surface area contributed by atoms with Gasteiger partial charge in [0.05, 0.1) is 12.5 Å². The number of rotatable bonds is 5. The van der Waals surface area contributed by atoms with Gasteiger partial charge in [-0.05, 0) is 43.2 Å². The van der Waals surface area contributed by atoms with E-state index in [0.717, 1.165) is 23.1 Å². The number of hydrogen-bond donors (Lipinski definition) is 1. The number of furan rings is 2. The molecular weight excluding hydrogens is 330 g/mol. The second-order valence-corrected chi connectivity index (χ2v) is 6.15. The molecule has 1 N–H and O–H groups in total. The summed E-state index contributed by atoms with van der Waals surface area (Å²) in [5, 5.41) is 8.08. The summed E-state index contributed by atoms with van der Waals surface area (Å²) in [6.45, 7) is 4.44. The third kappa shape index (κ3) is 2.90. The van der Waals surface area contributed by atoms with Gasteiger partial charge >= 0.3 is 0 Å². The lowest BCUT2D eigenvalue weighted by molar-refractivity contribution is 0.0997. The van der Waals surface area contributed by atoms with Crippen molar-refractivity contribution in [2.24, 2.45) is 0 Å². The van der Waals surface area contributed by atoms with Gasteiger partial charge in [-0.2, -0.15) is 5.10 Å². The van der Waals surface area contributed by atoms with Crippen LogP contribution in [0, 0.1) is 6.92 Å². The molecule has 4 rings (SSSR count). The molecule has 0 atom stereocenters. The van der Waals surface area contributed by atoms with E-state index in [1.54, 1.807) is 23.2 Å². The van der Waals surface area contributed by atoms with Gasteiger partial charge in [-0.25, -0.2) is 4.68 Å². The number of anilines is 1. The van der Waals surface area contributed by atoms with Crippen LogP contribution in [0.1, 0.15) is 34.4 Å². The maximum Gasteiger partial charge on any atom is 0.292 e. The Morgan fingerprint density at radius 2 is 2.15 bits per heavy atom. The van der Waals surface area contributed by atoms with E-state index in [1.807, 2.05) is 31.2 Å². The highest BCUT2D eigenvalue weighted by Gasteiger charge is 2.19. The zero-order chi connectivity index (χ0) is 18.1. The van der Waals surface area contributed by atoms with Crippen LogP contribution < -0.4 is 5.32 Å². The first-order valence-corrected chi connectivity index (χ1v) is 8.53. The van der Waals surface area contributed by atoms with E-state index >= 15 is 0 Å². The summed E-state index contributed by atoms with van der Waals surface area (Å²) in [4.78, 5) is 12.7. The zero-order valence-electron chi connectivity index (χ0n) is 14.7. The van der Waals surface area contributed by atoms with E-state index in [1.165, 1.54) is 5.56 Å². The molecule has 0 saturated heterocycles. The molecule has 0 unspecified atom stereocenters. The number of carbonyl (C=O) groups is 1. The minimum Gasteiger partial charge on any atom is -0.467 e. The van der Waals surface area contributed by atoms with Crippen molar-refractivity contribution in [1.82, 2.24) is 9.78 Å². The van der Waals surface area contributed by atoms with Gasteiger partial charge in [0.2, 0.25) is 0 Å². The van der Waals surface area contributed by atoms with Crippen LogP contribution in [-0.2, 0) is 13.0 Å². The molecule has 0 radical (unpaired) electrons. The Labute approximate surface area is 150 Å². The van der Waals surface area contributed by atoms with Crippen molar-refractivity contribution in [2.75, 3.05) is 5.32 Å². The Kier molecular flexibility index (Phi) is 4.08. The van der Waals surface area contributed by atoms with Gasteiger partial charge in [0.25, 0.3) is 5.91 Å². The molecule has 0 saturated carbocycles. The molecule has 6 nitrogen and oxygen atoms in total. The molecule has 0 aliphatic rings. The molecule has 0 fully saturated rings. The average Bonchev–Trinajstić information content (AvgIpc) is 3.37. The fraction of sp³-hybridized carbons (Fsp3) is 0.200. The van der Waals surface area contributed by atoms with Gasteiger partial charge in [0.15, 0.2) is 5.76 Å². The van der Waals surface area contributed by atoms with Crippen LogP contribution >= 0.6 is 0 Å². The number of hydrogen-bond acceptors (Lipinski definition) is 4. The van der Waals surface area contributed by atoms with Crippen molar-refractivity contribution < 1.29 is 13.6 Å². The lowest BCUT2D eigenvalue weighted by Crippen LogP contribution is -2.16. The Morgan fingerprint density at radius 3 is 2.92 bits per heavy atom. The fourth-order valence-electron chi connectivity index (χ4n) is 2.99. The molecule has 1 aromatic carbocycles. The van der Waals surface area contributed by atoms with Gasteiger partial charge in [-0.15, -0.1) is 0 Å². The predicted molar refractivity (Wildman–Crippen MR) is 98.3 cm³/mol. The Balaban J connectivity index is 1.60. The largest absolute Gasteiger partial charge is 0.467 e. The summed E-state index contributed by atoms with van der Waals surface area (Å²) in [5.74, 6) is 1.37. The zero-order valence-corrected chi connectivity index (χ0v) is 14.7. The van der Waals surface area contributed by atoms with Gasteiger partial charge in [0.1, 0.15) is 23.7 Å². The number of aryl methyl sites for hydroxylation is 2. The first kappa shape index (κ1) is 16.2. The Hall–Kier alpha value is -3.28. The van der Waals surface area contributed by atoms with Crippen LogP contribution in [0.15, 0.2) is 57.7 Å². The average molecular weight is 349 g/mol. The van der Waals surface area contributed by atoms with Gasteiger partial charge in [-0.3, -0.25) is 4.79 Å². The topological polar surface area (TPSA) is 73.2 Å². The summed E-state index contributed by atoms with van der Waals surface area (Å²) in [7, 11) is 0. The fourth-order valence-corrected chi connectivity index (χ4v) is 2.99. The number of carbonyl (C=O) groups excluding carboxylic acids is 1.